The summed E-state index contributed by atoms with van der Waals surface area (Å²) < 4.78 is 14.1. The molecular formula is C15H21BrFN. The average molecular weight is 314 g/mol. The minimum atomic E-state index is -0.149. The van der Waals surface area contributed by atoms with Crippen molar-refractivity contribution < 1.29 is 4.39 Å². The highest BCUT2D eigenvalue weighted by Gasteiger charge is 2.31. The lowest BCUT2D eigenvalue weighted by atomic mass is 9.70. The Morgan fingerprint density at radius 1 is 1.33 bits per heavy atom. The van der Waals surface area contributed by atoms with Gasteiger partial charge in [-0.3, -0.25) is 0 Å². The third kappa shape index (κ3) is 3.33. The van der Waals surface area contributed by atoms with Crippen molar-refractivity contribution in [1.82, 2.24) is 5.32 Å². The van der Waals surface area contributed by atoms with E-state index in [0.717, 1.165) is 24.4 Å². The van der Waals surface area contributed by atoms with Crippen LogP contribution in [0.4, 0.5) is 4.39 Å². The van der Waals surface area contributed by atoms with E-state index >= 15 is 0 Å². The predicted octanol–water partition coefficient (Wildman–Crippen LogP) is 4.15. The maximum absolute atomic E-state index is 13.4. The van der Waals surface area contributed by atoms with Crippen molar-refractivity contribution in [2.45, 2.75) is 39.2 Å². The zero-order valence-corrected chi connectivity index (χ0v) is 12.6. The molecule has 1 fully saturated rings. The van der Waals surface area contributed by atoms with Gasteiger partial charge in [0.05, 0.1) is 4.47 Å². The third-order valence-corrected chi connectivity index (χ3v) is 4.76. The van der Waals surface area contributed by atoms with E-state index in [2.05, 4.69) is 35.1 Å². The van der Waals surface area contributed by atoms with Crippen molar-refractivity contribution in [3.63, 3.8) is 0 Å². The fourth-order valence-electron chi connectivity index (χ4n) is 2.55. The van der Waals surface area contributed by atoms with Crippen molar-refractivity contribution in [3.8, 4) is 0 Å². The highest BCUT2D eigenvalue weighted by atomic mass is 79.9. The number of hydrogen-bond acceptors (Lipinski definition) is 1. The van der Waals surface area contributed by atoms with Crippen molar-refractivity contribution in [1.29, 1.82) is 0 Å². The molecule has 0 aliphatic heterocycles. The van der Waals surface area contributed by atoms with Crippen LogP contribution >= 0.6 is 15.9 Å². The van der Waals surface area contributed by atoms with E-state index in [9.17, 15) is 4.39 Å². The van der Waals surface area contributed by atoms with Gasteiger partial charge in [-0.05, 0) is 65.2 Å². The lowest BCUT2D eigenvalue weighted by molar-refractivity contribution is 0.167. The molecule has 100 valence electrons. The third-order valence-electron chi connectivity index (χ3n) is 3.88. The topological polar surface area (TPSA) is 12.0 Å². The zero-order valence-electron chi connectivity index (χ0n) is 11.0. The molecule has 1 saturated carbocycles. The summed E-state index contributed by atoms with van der Waals surface area (Å²) in [6, 6.07) is 5.88. The van der Waals surface area contributed by atoms with Gasteiger partial charge in [0.2, 0.25) is 0 Å². The maximum Gasteiger partial charge on any atom is 0.137 e. The first-order chi connectivity index (χ1) is 8.58. The second-order valence-corrected chi connectivity index (χ2v) is 6.37. The molecule has 1 aliphatic carbocycles. The van der Waals surface area contributed by atoms with Gasteiger partial charge in [0, 0.05) is 6.04 Å². The van der Waals surface area contributed by atoms with E-state index in [1.54, 1.807) is 6.07 Å². The molecule has 0 saturated heterocycles. The smallest absolute Gasteiger partial charge is 0.137 e. The number of rotatable bonds is 5. The highest BCUT2D eigenvalue weighted by molar-refractivity contribution is 9.10. The van der Waals surface area contributed by atoms with Crippen LogP contribution in [-0.2, 0) is 6.42 Å². The van der Waals surface area contributed by atoms with Crippen LogP contribution in [0.2, 0.25) is 0 Å². The van der Waals surface area contributed by atoms with Crippen LogP contribution in [0.1, 0.15) is 32.3 Å². The van der Waals surface area contributed by atoms with Crippen LogP contribution in [0.15, 0.2) is 22.7 Å². The Hall–Kier alpha value is -0.410. The normalized spacial score (nSPS) is 23.2. The van der Waals surface area contributed by atoms with Gasteiger partial charge >= 0.3 is 0 Å². The van der Waals surface area contributed by atoms with Crippen LogP contribution in [0.25, 0.3) is 0 Å². The molecule has 2 unspecified atom stereocenters. The number of hydrogen-bond donors (Lipinski definition) is 1. The van der Waals surface area contributed by atoms with Crippen LogP contribution in [-0.4, -0.2) is 12.6 Å². The summed E-state index contributed by atoms with van der Waals surface area (Å²) in [5.41, 5.74) is 1.11. The standard InChI is InChI=1S/C15H21BrFN/c1-10(2)18-9-13-7-6-11(13)8-12-4-3-5-14(17)15(12)16/h3-5,10-11,13,18H,6-9H2,1-2H3. The van der Waals surface area contributed by atoms with Gasteiger partial charge in [0.25, 0.3) is 0 Å². The highest BCUT2D eigenvalue weighted by Crippen LogP contribution is 2.38. The molecule has 0 amide bonds. The Bertz CT molecular complexity index is 405. The van der Waals surface area contributed by atoms with E-state index in [0.29, 0.717) is 16.4 Å². The monoisotopic (exact) mass is 313 g/mol. The van der Waals surface area contributed by atoms with Gasteiger partial charge in [-0.25, -0.2) is 4.39 Å². The maximum atomic E-state index is 13.4. The van der Waals surface area contributed by atoms with Crippen molar-refractivity contribution >= 4 is 15.9 Å². The number of benzene rings is 1. The van der Waals surface area contributed by atoms with Gasteiger partial charge in [0.1, 0.15) is 5.82 Å². The average Bonchev–Trinajstić information content (AvgIpc) is 2.29. The molecule has 0 heterocycles. The van der Waals surface area contributed by atoms with E-state index in [-0.39, 0.29) is 5.82 Å². The minimum Gasteiger partial charge on any atom is -0.314 e. The van der Waals surface area contributed by atoms with Crippen LogP contribution in [0, 0.1) is 17.7 Å². The van der Waals surface area contributed by atoms with Gasteiger partial charge < -0.3 is 5.32 Å². The lowest BCUT2D eigenvalue weighted by Gasteiger charge is -2.37. The van der Waals surface area contributed by atoms with Gasteiger partial charge in [0.15, 0.2) is 0 Å². The second-order valence-electron chi connectivity index (χ2n) is 5.58. The van der Waals surface area contributed by atoms with Gasteiger partial charge in [-0.15, -0.1) is 0 Å². The molecule has 2 rings (SSSR count). The Balaban J connectivity index is 1.91. The molecule has 1 nitrogen and oxygen atoms in total. The van der Waals surface area contributed by atoms with Crippen LogP contribution in [0.5, 0.6) is 0 Å². The minimum absolute atomic E-state index is 0.149. The summed E-state index contributed by atoms with van der Waals surface area (Å²) in [6.07, 6.45) is 3.56. The molecule has 1 aromatic carbocycles. The zero-order chi connectivity index (χ0) is 13.1. The van der Waals surface area contributed by atoms with Crippen molar-refractivity contribution in [2.75, 3.05) is 6.54 Å². The quantitative estimate of drug-likeness (QED) is 0.861. The Morgan fingerprint density at radius 2 is 2.06 bits per heavy atom. The second kappa shape index (κ2) is 6.16. The first-order valence-corrected chi connectivity index (χ1v) is 7.53. The Labute approximate surface area is 117 Å². The first-order valence-electron chi connectivity index (χ1n) is 6.74. The number of nitrogens with one attached hydrogen (secondary N) is 1. The number of halogens is 2. The SMILES string of the molecule is CC(C)NCC1CCC1Cc1cccc(F)c1Br. The van der Waals surface area contributed by atoms with E-state index in [1.807, 2.05) is 6.07 Å². The molecule has 3 heteroatoms. The predicted molar refractivity (Wildman–Crippen MR) is 77.2 cm³/mol. The van der Waals surface area contributed by atoms with E-state index in [1.165, 1.54) is 18.9 Å². The fourth-order valence-corrected chi connectivity index (χ4v) is 2.98. The summed E-state index contributed by atoms with van der Waals surface area (Å²) >= 11 is 3.35. The Morgan fingerprint density at radius 3 is 2.67 bits per heavy atom. The summed E-state index contributed by atoms with van der Waals surface area (Å²) in [5.74, 6) is 1.31. The molecule has 1 N–H and O–H groups in total. The van der Waals surface area contributed by atoms with Crippen LogP contribution < -0.4 is 5.32 Å². The molecule has 0 aromatic heterocycles. The Kier molecular flexibility index (Phi) is 4.79. The first kappa shape index (κ1) is 14.0. The summed E-state index contributed by atoms with van der Waals surface area (Å²) in [7, 11) is 0. The van der Waals surface area contributed by atoms with Crippen molar-refractivity contribution in [3.05, 3.63) is 34.1 Å². The molecule has 2 atom stereocenters. The van der Waals surface area contributed by atoms with Crippen LogP contribution in [0.3, 0.4) is 0 Å². The van der Waals surface area contributed by atoms with Gasteiger partial charge in [-0.2, -0.15) is 0 Å². The fraction of sp³-hybridized carbons (Fsp3) is 0.600. The lowest BCUT2D eigenvalue weighted by Crippen LogP contribution is -2.38. The van der Waals surface area contributed by atoms with Gasteiger partial charge in [-0.1, -0.05) is 26.0 Å². The van der Waals surface area contributed by atoms with E-state index < -0.39 is 0 Å². The molecule has 1 aromatic rings. The summed E-state index contributed by atoms with van der Waals surface area (Å²) in [6.45, 7) is 5.45. The molecular weight excluding hydrogens is 293 g/mol. The molecule has 18 heavy (non-hydrogen) atoms. The van der Waals surface area contributed by atoms with Crippen molar-refractivity contribution in [2.24, 2.45) is 11.8 Å². The summed E-state index contributed by atoms with van der Waals surface area (Å²) in [4.78, 5) is 0. The molecule has 1 aliphatic rings. The summed E-state index contributed by atoms with van der Waals surface area (Å²) in [5, 5.41) is 3.50. The van der Waals surface area contributed by atoms with E-state index in [4.69, 9.17) is 0 Å². The molecule has 0 spiro atoms. The molecule has 0 radical (unpaired) electrons. The largest absolute Gasteiger partial charge is 0.314 e. The molecule has 0 bridgehead atoms.